The fourth-order valence-electron chi connectivity index (χ4n) is 3.07. The molecule has 0 bridgehead atoms. The Kier molecular flexibility index (Phi) is 5.65. The second kappa shape index (κ2) is 7.72. The first-order chi connectivity index (χ1) is 14.7. The molecule has 15 heteroatoms. The molecule has 0 aliphatic carbocycles. The summed E-state index contributed by atoms with van der Waals surface area (Å²) in [5.74, 6) is -6.80. The van der Waals surface area contributed by atoms with Gasteiger partial charge >= 0.3 is 18.3 Å². The summed E-state index contributed by atoms with van der Waals surface area (Å²) in [5.41, 5.74) is 1.58. The number of para-hydroxylation sites is 1. The first-order valence-electron chi connectivity index (χ1n) is 8.62. The minimum atomic E-state index is -6.30. The molecular formula is C17H14F8N6O. The van der Waals surface area contributed by atoms with Crippen molar-refractivity contribution >= 4 is 0 Å². The molecule has 0 aliphatic heterocycles. The highest BCUT2D eigenvalue weighted by Crippen LogP contribution is 2.49. The van der Waals surface area contributed by atoms with Crippen LogP contribution in [0.1, 0.15) is 16.8 Å². The van der Waals surface area contributed by atoms with Gasteiger partial charge in [0.15, 0.2) is 11.5 Å². The number of ether oxygens (including phenoxy) is 1. The molecule has 3 rings (SSSR count). The number of hydrogen-bond acceptors (Lipinski definition) is 5. The van der Waals surface area contributed by atoms with Gasteiger partial charge in [-0.3, -0.25) is 0 Å². The SMILES string of the molecule is COc1c(CN)cccc1-c1cn(-c2c(C(F)(F)F)c(C(F)(F)C(F)(F)F)nn2C)nn1. The maximum Gasteiger partial charge on any atom is 0.459 e. The van der Waals surface area contributed by atoms with E-state index in [1.165, 1.54) is 13.2 Å². The van der Waals surface area contributed by atoms with Crippen LogP contribution in [0.15, 0.2) is 24.4 Å². The van der Waals surface area contributed by atoms with Crippen molar-refractivity contribution in [3.63, 3.8) is 0 Å². The van der Waals surface area contributed by atoms with Crippen LogP contribution in [-0.4, -0.2) is 38.1 Å². The van der Waals surface area contributed by atoms with Crippen molar-refractivity contribution in [2.45, 2.75) is 24.8 Å². The molecule has 32 heavy (non-hydrogen) atoms. The maximum absolute atomic E-state index is 13.8. The van der Waals surface area contributed by atoms with Crippen LogP contribution < -0.4 is 10.5 Å². The van der Waals surface area contributed by atoms with Crippen molar-refractivity contribution in [3.8, 4) is 22.8 Å². The van der Waals surface area contributed by atoms with Crippen LogP contribution in [0.2, 0.25) is 0 Å². The number of aryl methyl sites for hydroxylation is 1. The van der Waals surface area contributed by atoms with Crippen LogP contribution in [0.3, 0.4) is 0 Å². The zero-order valence-electron chi connectivity index (χ0n) is 16.3. The Balaban J connectivity index is 2.23. The maximum atomic E-state index is 13.8. The van der Waals surface area contributed by atoms with E-state index in [0.29, 0.717) is 10.2 Å². The van der Waals surface area contributed by atoms with Crippen molar-refractivity contribution in [2.24, 2.45) is 12.8 Å². The summed E-state index contributed by atoms with van der Waals surface area (Å²) in [7, 11) is 2.09. The number of nitrogens with zero attached hydrogens (tertiary/aromatic N) is 5. The van der Waals surface area contributed by atoms with Crippen molar-refractivity contribution in [2.75, 3.05) is 7.11 Å². The molecule has 174 valence electrons. The number of nitrogens with two attached hydrogens (primary N) is 1. The van der Waals surface area contributed by atoms with Gasteiger partial charge in [-0.05, 0) is 6.07 Å². The van der Waals surface area contributed by atoms with Gasteiger partial charge in [0, 0.05) is 24.7 Å². The predicted octanol–water partition coefficient (Wildman–Crippen LogP) is 3.81. The van der Waals surface area contributed by atoms with Gasteiger partial charge < -0.3 is 10.5 Å². The van der Waals surface area contributed by atoms with E-state index in [1.807, 2.05) is 0 Å². The monoisotopic (exact) mass is 470 g/mol. The Morgan fingerprint density at radius 3 is 2.25 bits per heavy atom. The van der Waals surface area contributed by atoms with Gasteiger partial charge in [0.1, 0.15) is 17.0 Å². The fraction of sp³-hybridized carbons (Fsp3) is 0.353. The molecule has 2 N–H and O–H groups in total. The summed E-state index contributed by atoms with van der Waals surface area (Å²) in [6.07, 6.45) is -11.0. The van der Waals surface area contributed by atoms with E-state index in [9.17, 15) is 35.1 Å². The van der Waals surface area contributed by atoms with Gasteiger partial charge in [-0.1, -0.05) is 17.3 Å². The second-order valence-corrected chi connectivity index (χ2v) is 6.49. The third-order valence-corrected chi connectivity index (χ3v) is 4.46. The highest BCUT2D eigenvalue weighted by atomic mass is 19.4. The summed E-state index contributed by atoms with van der Waals surface area (Å²) in [6.45, 7) is 0.0565. The number of aromatic nitrogens is 5. The first kappa shape index (κ1) is 23.4. The van der Waals surface area contributed by atoms with E-state index >= 15 is 0 Å². The van der Waals surface area contributed by atoms with Gasteiger partial charge in [-0.2, -0.15) is 40.2 Å². The Bertz CT molecular complexity index is 1130. The lowest BCUT2D eigenvalue weighted by atomic mass is 10.1. The quantitative estimate of drug-likeness (QED) is 0.574. The summed E-state index contributed by atoms with van der Waals surface area (Å²) in [6, 6.07) is 4.68. The molecule has 0 radical (unpaired) electrons. The summed E-state index contributed by atoms with van der Waals surface area (Å²) in [4.78, 5) is 0. The van der Waals surface area contributed by atoms with Crippen LogP contribution >= 0.6 is 0 Å². The molecule has 0 spiro atoms. The molecule has 0 unspecified atom stereocenters. The minimum Gasteiger partial charge on any atom is -0.496 e. The normalized spacial score (nSPS) is 13.0. The highest BCUT2D eigenvalue weighted by Gasteiger charge is 2.64. The summed E-state index contributed by atoms with van der Waals surface area (Å²) >= 11 is 0. The molecule has 2 heterocycles. The predicted molar refractivity (Wildman–Crippen MR) is 93.0 cm³/mol. The van der Waals surface area contributed by atoms with Crippen molar-refractivity contribution in [3.05, 3.63) is 41.2 Å². The van der Waals surface area contributed by atoms with Crippen LogP contribution in [0.5, 0.6) is 5.75 Å². The fourth-order valence-corrected chi connectivity index (χ4v) is 3.07. The van der Waals surface area contributed by atoms with Crippen LogP contribution in [0, 0.1) is 0 Å². The van der Waals surface area contributed by atoms with E-state index in [2.05, 4.69) is 15.4 Å². The lowest BCUT2D eigenvalue weighted by Crippen LogP contribution is -2.36. The van der Waals surface area contributed by atoms with Crippen molar-refractivity contribution < 1.29 is 39.9 Å². The third-order valence-electron chi connectivity index (χ3n) is 4.46. The number of alkyl halides is 8. The topological polar surface area (TPSA) is 83.8 Å². The standard InChI is InChI=1S/C17H14F8N6O/c1-30-14(11(16(20,21)22)13(28-30)15(18,19)17(23,24)25)31-7-10(27-29-31)9-5-3-4-8(6-26)12(9)32-2/h3-5,7H,6,26H2,1-2H3. The Morgan fingerprint density at radius 1 is 1.06 bits per heavy atom. The average molecular weight is 470 g/mol. The van der Waals surface area contributed by atoms with Gasteiger partial charge in [0.05, 0.1) is 13.3 Å². The molecule has 7 nitrogen and oxygen atoms in total. The van der Waals surface area contributed by atoms with Gasteiger partial charge in [-0.25, -0.2) is 9.36 Å². The van der Waals surface area contributed by atoms with E-state index in [0.717, 1.165) is 13.2 Å². The lowest BCUT2D eigenvalue weighted by molar-refractivity contribution is -0.292. The number of benzene rings is 1. The molecule has 0 saturated heterocycles. The zero-order chi connectivity index (χ0) is 24.1. The average Bonchev–Trinajstić information content (AvgIpc) is 3.30. The van der Waals surface area contributed by atoms with E-state index in [1.54, 1.807) is 12.1 Å². The first-order valence-corrected chi connectivity index (χ1v) is 8.62. The van der Waals surface area contributed by atoms with Crippen LogP contribution in [0.25, 0.3) is 17.1 Å². The van der Waals surface area contributed by atoms with Crippen molar-refractivity contribution in [1.82, 2.24) is 24.8 Å². The Hall–Kier alpha value is -3.23. The zero-order valence-corrected chi connectivity index (χ0v) is 16.3. The van der Waals surface area contributed by atoms with Crippen molar-refractivity contribution in [1.29, 1.82) is 0 Å². The van der Waals surface area contributed by atoms with Crippen LogP contribution in [0.4, 0.5) is 35.1 Å². The largest absolute Gasteiger partial charge is 0.496 e. The van der Waals surface area contributed by atoms with E-state index in [-0.39, 0.29) is 28.2 Å². The lowest BCUT2D eigenvalue weighted by Gasteiger charge is -2.19. The number of hydrogen-bond donors (Lipinski definition) is 1. The molecule has 0 fully saturated rings. The van der Waals surface area contributed by atoms with Crippen LogP contribution in [-0.2, 0) is 25.7 Å². The number of rotatable bonds is 5. The smallest absolute Gasteiger partial charge is 0.459 e. The summed E-state index contributed by atoms with van der Waals surface area (Å²) in [5, 5.41) is 10.0. The molecule has 3 aromatic rings. The van der Waals surface area contributed by atoms with Gasteiger partial charge in [0.25, 0.3) is 0 Å². The van der Waals surface area contributed by atoms with Gasteiger partial charge in [0.2, 0.25) is 0 Å². The number of halogens is 8. The Morgan fingerprint density at radius 2 is 1.72 bits per heavy atom. The Labute approximate surface area is 174 Å². The second-order valence-electron chi connectivity index (χ2n) is 6.49. The number of methoxy groups -OCH3 is 1. The molecule has 0 amide bonds. The molecule has 0 saturated carbocycles. The van der Waals surface area contributed by atoms with E-state index in [4.69, 9.17) is 10.5 Å². The highest BCUT2D eigenvalue weighted by molar-refractivity contribution is 5.68. The van der Waals surface area contributed by atoms with E-state index < -0.39 is 35.4 Å². The molecule has 0 aliphatic rings. The van der Waals surface area contributed by atoms with Gasteiger partial charge in [-0.15, -0.1) is 5.10 Å². The molecule has 1 aromatic carbocycles. The minimum absolute atomic E-state index is 0.0457. The molecule has 0 atom stereocenters. The summed E-state index contributed by atoms with van der Waals surface area (Å²) < 4.78 is 113. The third kappa shape index (κ3) is 3.76. The molecule has 2 aromatic heterocycles. The molecular weight excluding hydrogens is 456 g/mol.